The lowest BCUT2D eigenvalue weighted by molar-refractivity contribution is 0.102. The van der Waals surface area contributed by atoms with Gasteiger partial charge in [0.15, 0.2) is 0 Å². The van der Waals surface area contributed by atoms with E-state index in [1.807, 2.05) is 24.3 Å². The molecule has 3 aromatic carbocycles. The zero-order valence-corrected chi connectivity index (χ0v) is 16.3. The van der Waals surface area contributed by atoms with E-state index in [9.17, 15) is 4.79 Å². The summed E-state index contributed by atoms with van der Waals surface area (Å²) in [7, 11) is 0. The zero-order chi connectivity index (χ0) is 21.3. The number of anilines is 1. The van der Waals surface area contributed by atoms with Crippen molar-refractivity contribution in [2.24, 2.45) is 0 Å². The molecule has 0 fully saturated rings. The predicted molar refractivity (Wildman–Crippen MR) is 120 cm³/mol. The first-order chi connectivity index (χ1) is 14.6. The lowest BCUT2D eigenvalue weighted by atomic mass is 10.1. The average Bonchev–Trinajstić information content (AvgIpc) is 2.80. The van der Waals surface area contributed by atoms with Gasteiger partial charge in [-0.25, -0.2) is 4.85 Å². The molecule has 0 aromatic heterocycles. The Labute approximate surface area is 175 Å². The van der Waals surface area contributed by atoms with Crippen LogP contribution in [0.3, 0.4) is 0 Å². The highest BCUT2D eigenvalue weighted by molar-refractivity contribution is 6.06. The molecule has 0 radical (unpaired) electrons. The predicted octanol–water partition coefficient (Wildman–Crippen LogP) is 6.19. The van der Waals surface area contributed by atoms with E-state index in [1.54, 1.807) is 54.6 Å². The van der Waals surface area contributed by atoms with Crippen molar-refractivity contribution in [2.45, 2.75) is 0 Å². The fourth-order valence-electron chi connectivity index (χ4n) is 2.63. The van der Waals surface area contributed by atoms with Crippen LogP contribution in [0.25, 0.3) is 17.0 Å². The van der Waals surface area contributed by atoms with E-state index in [-0.39, 0.29) is 18.4 Å². The van der Waals surface area contributed by atoms with E-state index in [4.69, 9.17) is 16.0 Å². The number of hydrogen-bond acceptors (Lipinski definition) is 3. The first-order valence-electron chi connectivity index (χ1n) is 9.16. The van der Waals surface area contributed by atoms with Crippen LogP contribution in [0.2, 0.25) is 0 Å². The lowest BCUT2D eigenvalue weighted by Crippen LogP contribution is -2.12. The summed E-state index contributed by atoms with van der Waals surface area (Å²) >= 11 is 0. The molecule has 3 rings (SSSR count). The van der Waals surface area contributed by atoms with Gasteiger partial charge in [0.2, 0.25) is 12.5 Å². The molecule has 0 spiro atoms. The number of carbonyl (C=O) groups excluding carboxylic acids is 1. The maximum atomic E-state index is 12.4. The second-order valence-electron chi connectivity index (χ2n) is 6.25. The van der Waals surface area contributed by atoms with Crippen molar-refractivity contribution in [3.63, 3.8) is 0 Å². The Morgan fingerprint density at radius 3 is 2.07 bits per heavy atom. The molecular weight excluding hydrogens is 376 g/mol. The number of hydrogen-bond donors (Lipinski definition) is 1. The Hall–Kier alpha value is -4.30. The summed E-state index contributed by atoms with van der Waals surface area (Å²) < 4.78 is 11.1. The molecule has 3 aromatic rings. The molecule has 148 valence electrons. The van der Waals surface area contributed by atoms with Gasteiger partial charge >= 0.3 is 0 Å². The van der Waals surface area contributed by atoms with Crippen molar-refractivity contribution in [1.29, 1.82) is 0 Å². The summed E-state index contributed by atoms with van der Waals surface area (Å²) in [5.74, 6) is 0.838. The fraction of sp³-hybridized carbons (Fsp3) is 0.0400. The van der Waals surface area contributed by atoms with Gasteiger partial charge in [-0.05, 0) is 53.6 Å². The van der Waals surface area contributed by atoms with Gasteiger partial charge < -0.3 is 14.8 Å². The van der Waals surface area contributed by atoms with E-state index in [2.05, 4.69) is 23.3 Å². The van der Waals surface area contributed by atoms with Crippen LogP contribution < -0.4 is 14.8 Å². The first-order valence-corrected chi connectivity index (χ1v) is 9.16. The van der Waals surface area contributed by atoms with Crippen LogP contribution in [0.5, 0.6) is 11.5 Å². The Balaban J connectivity index is 1.62. The van der Waals surface area contributed by atoms with Crippen molar-refractivity contribution >= 4 is 29.4 Å². The highest BCUT2D eigenvalue weighted by Crippen LogP contribution is 2.30. The van der Waals surface area contributed by atoms with Crippen molar-refractivity contribution in [2.75, 3.05) is 12.1 Å². The van der Waals surface area contributed by atoms with Crippen LogP contribution in [0, 0.1) is 6.57 Å². The lowest BCUT2D eigenvalue weighted by Gasteiger charge is -2.11. The maximum Gasteiger partial charge on any atom is 0.254 e. The second-order valence-corrected chi connectivity index (χ2v) is 6.25. The SMILES string of the molecule is [C-]#[N+]c1cc(OCOc2ccc(C=C)cc2)ccc1NC(=O)c1ccc(C=C)cc1. The van der Waals surface area contributed by atoms with Crippen LogP contribution in [-0.2, 0) is 0 Å². The van der Waals surface area contributed by atoms with Crippen molar-refractivity contribution in [3.8, 4) is 11.5 Å². The second kappa shape index (κ2) is 9.76. The number of nitrogens with zero attached hydrogens (tertiary/aromatic N) is 1. The quantitative estimate of drug-likeness (QED) is 0.365. The van der Waals surface area contributed by atoms with E-state index in [1.165, 1.54) is 0 Å². The van der Waals surface area contributed by atoms with Crippen LogP contribution in [-0.4, -0.2) is 12.7 Å². The number of carbonyl (C=O) groups is 1. The van der Waals surface area contributed by atoms with Gasteiger partial charge in [0, 0.05) is 11.3 Å². The third-order valence-electron chi connectivity index (χ3n) is 4.31. The Bertz CT molecular complexity index is 1090. The summed E-state index contributed by atoms with van der Waals surface area (Å²) in [6.07, 6.45) is 3.46. The minimum absolute atomic E-state index is 0.00770. The summed E-state index contributed by atoms with van der Waals surface area (Å²) in [4.78, 5) is 15.9. The van der Waals surface area contributed by atoms with Crippen LogP contribution >= 0.6 is 0 Å². The molecule has 5 nitrogen and oxygen atoms in total. The fourth-order valence-corrected chi connectivity index (χ4v) is 2.63. The van der Waals surface area contributed by atoms with Gasteiger partial charge in [0.25, 0.3) is 5.91 Å². The monoisotopic (exact) mass is 396 g/mol. The smallest absolute Gasteiger partial charge is 0.254 e. The molecule has 0 aliphatic rings. The third-order valence-corrected chi connectivity index (χ3v) is 4.31. The first kappa shape index (κ1) is 20.4. The van der Waals surface area contributed by atoms with Crippen LogP contribution in [0.1, 0.15) is 21.5 Å². The molecular formula is C25H20N2O3. The van der Waals surface area contributed by atoms with Gasteiger partial charge in [0.1, 0.15) is 11.5 Å². The van der Waals surface area contributed by atoms with E-state index in [0.717, 1.165) is 11.1 Å². The molecule has 5 heteroatoms. The number of nitrogens with one attached hydrogen (secondary N) is 1. The molecule has 1 amide bonds. The molecule has 0 bridgehead atoms. The minimum atomic E-state index is -0.296. The largest absolute Gasteiger partial charge is 0.459 e. The topological polar surface area (TPSA) is 51.9 Å². The number of ether oxygens (including phenoxy) is 2. The zero-order valence-electron chi connectivity index (χ0n) is 16.3. The van der Waals surface area contributed by atoms with Gasteiger partial charge in [-0.15, -0.1) is 0 Å². The summed E-state index contributed by atoms with van der Waals surface area (Å²) in [6.45, 7) is 14.8. The van der Waals surface area contributed by atoms with Crippen molar-refractivity contribution in [1.82, 2.24) is 0 Å². The number of benzene rings is 3. The van der Waals surface area contributed by atoms with Crippen molar-refractivity contribution in [3.05, 3.63) is 108 Å². The van der Waals surface area contributed by atoms with Gasteiger partial charge in [-0.1, -0.05) is 49.6 Å². The molecule has 0 aliphatic carbocycles. The minimum Gasteiger partial charge on any atom is -0.459 e. The number of rotatable bonds is 8. The summed E-state index contributed by atoms with van der Waals surface area (Å²) in [5.41, 5.74) is 3.11. The van der Waals surface area contributed by atoms with E-state index >= 15 is 0 Å². The molecule has 0 aliphatic heterocycles. The highest BCUT2D eigenvalue weighted by atomic mass is 16.7. The maximum absolute atomic E-state index is 12.4. The molecule has 0 saturated heterocycles. The Kier molecular flexibility index (Phi) is 6.65. The highest BCUT2D eigenvalue weighted by Gasteiger charge is 2.10. The Morgan fingerprint density at radius 2 is 1.47 bits per heavy atom. The third kappa shape index (κ3) is 5.15. The average molecular weight is 396 g/mol. The van der Waals surface area contributed by atoms with Crippen molar-refractivity contribution < 1.29 is 14.3 Å². The van der Waals surface area contributed by atoms with Crippen LogP contribution in [0.4, 0.5) is 11.4 Å². The molecule has 30 heavy (non-hydrogen) atoms. The molecule has 1 N–H and O–H groups in total. The number of amides is 1. The molecule has 0 atom stereocenters. The summed E-state index contributed by atoms with van der Waals surface area (Å²) in [5, 5.41) is 2.76. The standard InChI is InChI=1S/C25H20N2O3/c1-4-18-6-10-20(11-7-18)25(28)27-23-15-14-22(16-24(23)26-3)30-17-29-21-12-8-19(5-2)9-13-21/h4-16H,1-2,17H2,(H,27,28). The van der Waals surface area contributed by atoms with Gasteiger partial charge in [0.05, 0.1) is 6.57 Å². The Morgan fingerprint density at radius 1 is 0.900 bits per heavy atom. The van der Waals surface area contributed by atoms with Gasteiger partial charge in [-0.2, -0.15) is 0 Å². The van der Waals surface area contributed by atoms with E-state index in [0.29, 0.717) is 22.7 Å². The molecule has 0 saturated carbocycles. The van der Waals surface area contributed by atoms with E-state index < -0.39 is 0 Å². The normalized spacial score (nSPS) is 9.83. The molecule has 0 unspecified atom stereocenters. The molecule has 0 heterocycles. The van der Waals surface area contributed by atoms with Crippen LogP contribution in [0.15, 0.2) is 79.9 Å². The summed E-state index contributed by atoms with van der Waals surface area (Å²) in [6, 6.07) is 19.3. The van der Waals surface area contributed by atoms with Gasteiger partial charge in [-0.3, -0.25) is 4.79 Å².